The van der Waals surface area contributed by atoms with E-state index in [4.69, 9.17) is 14.2 Å². The topological polar surface area (TPSA) is 117 Å². The molecule has 2 heterocycles. The van der Waals surface area contributed by atoms with Gasteiger partial charge in [-0.15, -0.1) is 0 Å². The molecule has 12 heteroatoms. The summed E-state index contributed by atoms with van der Waals surface area (Å²) in [5, 5.41) is 0. The molecule has 0 saturated carbocycles. The van der Waals surface area contributed by atoms with E-state index in [9.17, 15) is 32.3 Å². The second-order valence-corrected chi connectivity index (χ2v) is 7.85. The number of rotatable bonds is 6. The van der Waals surface area contributed by atoms with E-state index in [0.29, 0.717) is 10.8 Å². The molecule has 2 aromatic carbocycles. The van der Waals surface area contributed by atoms with Crippen LogP contribution in [0.25, 0.3) is 0 Å². The second-order valence-electron chi connectivity index (χ2n) is 7.85. The monoisotopic (exact) mass is 504 g/mol. The molecule has 3 aromatic rings. The fourth-order valence-corrected chi connectivity index (χ4v) is 3.64. The van der Waals surface area contributed by atoms with Gasteiger partial charge in [0.25, 0.3) is 5.56 Å². The van der Waals surface area contributed by atoms with E-state index in [1.165, 1.54) is 24.3 Å². The molecule has 3 atom stereocenters. The maximum Gasteiger partial charge on any atom is 0.423 e. The van der Waals surface area contributed by atoms with Crippen LogP contribution in [0.4, 0.5) is 13.2 Å². The standard InChI is InChI=1S/C24H19F3N2O7/c25-24(26,27)16-12-29(23(33)28-20(16)30)19-11-17(36-22(32)15-9-5-2-6-10-15)18(35-19)13-34-21(31)14-7-3-1-4-8-14/h1-10,12,17-19H,11,13H2,(H,28,30,33). The van der Waals surface area contributed by atoms with Crippen molar-refractivity contribution in [2.75, 3.05) is 6.61 Å². The van der Waals surface area contributed by atoms with E-state index < -0.39 is 60.0 Å². The molecule has 9 nitrogen and oxygen atoms in total. The Morgan fingerprint density at radius 2 is 1.56 bits per heavy atom. The average molecular weight is 504 g/mol. The Bertz CT molecular complexity index is 1350. The van der Waals surface area contributed by atoms with E-state index >= 15 is 0 Å². The molecule has 1 saturated heterocycles. The van der Waals surface area contributed by atoms with Crippen molar-refractivity contribution in [1.29, 1.82) is 0 Å². The minimum atomic E-state index is -5.02. The highest BCUT2D eigenvalue weighted by Gasteiger charge is 2.42. The number of hydrogen-bond acceptors (Lipinski definition) is 7. The zero-order valence-electron chi connectivity index (χ0n) is 18.4. The first-order valence-electron chi connectivity index (χ1n) is 10.7. The summed E-state index contributed by atoms with van der Waals surface area (Å²) in [4.78, 5) is 50.5. The highest BCUT2D eigenvalue weighted by Crippen LogP contribution is 2.32. The Kier molecular flexibility index (Phi) is 7.06. The first-order chi connectivity index (χ1) is 17.1. The lowest BCUT2D eigenvalue weighted by atomic mass is 10.1. The fourth-order valence-electron chi connectivity index (χ4n) is 3.64. The number of alkyl halides is 3. The molecular weight excluding hydrogens is 485 g/mol. The smallest absolute Gasteiger partial charge is 0.423 e. The molecule has 1 aliphatic heterocycles. The summed E-state index contributed by atoms with van der Waals surface area (Å²) in [7, 11) is 0. The maximum atomic E-state index is 13.2. The highest BCUT2D eigenvalue weighted by atomic mass is 19.4. The fraction of sp³-hybridized carbons (Fsp3) is 0.250. The lowest BCUT2D eigenvalue weighted by molar-refractivity contribution is -0.139. The van der Waals surface area contributed by atoms with Crippen LogP contribution < -0.4 is 11.2 Å². The first-order valence-corrected chi connectivity index (χ1v) is 10.7. The second kappa shape index (κ2) is 10.2. The number of hydrogen-bond donors (Lipinski definition) is 1. The van der Waals surface area contributed by atoms with Gasteiger partial charge in [-0.05, 0) is 24.3 Å². The number of benzene rings is 2. The van der Waals surface area contributed by atoms with Gasteiger partial charge in [-0.1, -0.05) is 36.4 Å². The molecule has 0 radical (unpaired) electrons. The summed E-state index contributed by atoms with van der Waals surface area (Å²) in [5.41, 5.74) is -3.88. The van der Waals surface area contributed by atoms with E-state index in [-0.39, 0.29) is 17.5 Å². The van der Waals surface area contributed by atoms with Gasteiger partial charge in [0.05, 0.1) is 11.1 Å². The summed E-state index contributed by atoms with van der Waals surface area (Å²) in [6, 6.07) is 15.9. The Morgan fingerprint density at radius 1 is 0.972 bits per heavy atom. The van der Waals surface area contributed by atoms with Gasteiger partial charge in [-0.25, -0.2) is 14.4 Å². The van der Waals surface area contributed by atoms with Crippen LogP contribution >= 0.6 is 0 Å². The first kappa shape index (κ1) is 24.9. The third kappa shape index (κ3) is 5.54. The molecule has 0 bridgehead atoms. The number of aromatic nitrogens is 2. The predicted octanol–water partition coefficient (Wildman–Crippen LogP) is 2.93. The summed E-state index contributed by atoms with van der Waals surface area (Å²) < 4.78 is 56.7. The molecule has 0 spiro atoms. The van der Waals surface area contributed by atoms with Crippen molar-refractivity contribution in [2.45, 2.75) is 31.0 Å². The molecule has 3 unspecified atom stereocenters. The Labute approximate surface area is 201 Å². The number of aromatic amines is 1. The quantitative estimate of drug-likeness (QED) is 0.513. The van der Waals surface area contributed by atoms with Gasteiger partial charge < -0.3 is 14.2 Å². The molecule has 4 rings (SSSR count). The minimum Gasteiger partial charge on any atom is -0.459 e. The number of carbonyl (C=O) groups is 2. The third-order valence-corrected chi connectivity index (χ3v) is 5.42. The van der Waals surface area contributed by atoms with Crippen LogP contribution in [0.15, 0.2) is 76.4 Å². The Morgan fingerprint density at radius 3 is 2.14 bits per heavy atom. The van der Waals surface area contributed by atoms with E-state index in [1.54, 1.807) is 41.4 Å². The van der Waals surface area contributed by atoms with Gasteiger partial charge in [0.1, 0.15) is 30.6 Å². The van der Waals surface area contributed by atoms with E-state index in [2.05, 4.69) is 0 Å². The molecule has 0 aliphatic carbocycles. The van der Waals surface area contributed by atoms with Crippen LogP contribution in [-0.4, -0.2) is 40.3 Å². The molecule has 0 amide bonds. The molecular formula is C24H19F3N2O7. The predicted molar refractivity (Wildman–Crippen MR) is 117 cm³/mol. The number of nitrogens with zero attached hydrogens (tertiary/aromatic N) is 1. The van der Waals surface area contributed by atoms with Crippen molar-refractivity contribution in [3.8, 4) is 0 Å². The van der Waals surface area contributed by atoms with Crippen molar-refractivity contribution in [3.05, 3.63) is 104 Å². The van der Waals surface area contributed by atoms with E-state index in [0.717, 1.165) is 0 Å². The van der Waals surface area contributed by atoms with Gasteiger partial charge in [-0.3, -0.25) is 14.3 Å². The third-order valence-electron chi connectivity index (χ3n) is 5.42. The van der Waals surface area contributed by atoms with Crippen LogP contribution in [0.1, 0.15) is 38.9 Å². The average Bonchev–Trinajstić information content (AvgIpc) is 3.24. The Hall–Kier alpha value is -4.19. The summed E-state index contributed by atoms with van der Waals surface area (Å²) in [5.74, 6) is -1.44. The zero-order chi connectivity index (χ0) is 25.9. The maximum absolute atomic E-state index is 13.2. The minimum absolute atomic E-state index is 0.210. The van der Waals surface area contributed by atoms with Crippen molar-refractivity contribution in [3.63, 3.8) is 0 Å². The molecule has 188 valence electrons. The van der Waals surface area contributed by atoms with Gasteiger partial charge >= 0.3 is 23.8 Å². The largest absolute Gasteiger partial charge is 0.459 e. The van der Waals surface area contributed by atoms with E-state index in [1.807, 2.05) is 0 Å². The molecule has 1 aromatic heterocycles. The lowest BCUT2D eigenvalue weighted by Crippen LogP contribution is -2.36. The zero-order valence-corrected chi connectivity index (χ0v) is 18.4. The van der Waals surface area contributed by atoms with Crippen molar-refractivity contribution in [1.82, 2.24) is 9.55 Å². The van der Waals surface area contributed by atoms with Crippen LogP contribution in [0.3, 0.4) is 0 Å². The molecule has 1 aliphatic rings. The summed E-state index contributed by atoms with van der Waals surface area (Å²) in [6.45, 7) is -0.415. The molecule has 1 N–H and O–H groups in total. The van der Waals surface area contributed by atoms with Crippen molar-refractivity contribution in [2.24, 2.45) is 0 Å². The number of carbonyl (C=O) groups excluding carboxylic acids is 2. The number of H-pyrrole nitrogens is 1. The number of nitrogens with one attached hydrogen (secondary N) is 1. The SMILES string of the molecule is O=C(OCC1OC(n2cc(C(F)(F)F)c(=O)[nH]c2=O)CC1OC(=O)c1ccccc1)c1ccccc1. The van der Waals surface area contributed by atoms with Crippen LogP contribution in [0, 0.1) is 0 Å². The summed E-state index contributed by atoms with van der Waals surface area (Å²) in [6.07, 6.45) is -8.45. The van der Waals surface area contributed by atoms with Gasteiger partial charge in [0.15, 0.2) is 0 Å². The lowest BCUT2D eigenvalue weighted by Gasteiger charge is -2.19. The molecule has 36 heavy (non-hydrogen) atoms. The van der Waals surface area contributed by atoms with Crippen LogP contribution in [0.5, 0.6) is 0 Å². The normalized spacial score (nSPS) is 19.6. The number of ether oxygens (including phenoxy) is 3. The van der Waals surface area contributed by atoms with Crippen LogP contribution in [0.2, 0.25) is 0 Å². The molecule has 1 fully saturated rings. The number of esters is 2. The van der Waals surface area contributed by atoms with Crippen molar-refractivity contribution < 1.29 is 37.0 Å². The van der Waals surface area contributed by atoms with Gasteiger partial charge in [-0.2, -0.15) is 13.2 Å². The number of halogens is 3. The Balaban J connectivity index is 1.58. The van der Waals surface area contributed by atoms with Crippen LogP contribution in [-0.2, 0) is 20.4 Å². The van der Waals surface area contributed by atoms with Gasteiger partial charge in [0, 0.05) is 12.6 Å². The van der Waals surface area contributed by atoms with Crippen molar-refractivity contribution >= 4 is 11.9 Å². The summed E-state index contributed by atoms with van der Waals surface area (Å²) >= 11 is 0. The highest BCUT2D eigenvalue weighted by molar-refractivity contribution is 5.90. The van der Waals surface area contributed by atoms with Gasteiger partial charge in [0.2, 0.25) is 0 Å².